The molecule has 4 heteroatoms. The van der Waals surface area contributed by atoms with Crippen LogP contribution in [0.25, 0.3) is 0 Å². The van der Waals surface area contributed by atoms with E-state index in [1.807, 2.05) is 12.1 Å². The second kappa shape index (κ2) is 8.35. The quantitative estimate of drug-likeness (QED) is 0.731. The highest BCUT2D eigenvalue weighted by Gasteiger charge is 2.16. The molecule has 1 saturated heterocycles. The Balaban J connectivity index is 1.42. The maximum absolute atomic E-state index is 5.55. The van der Waals surface area contributed by atoms with Crippen LogP contribution >= 0.6 is 0 Å². The molecule has 1 fully saturated rings. The topological polar surface area (TPSA) is 37.6 Å². The lowest BCUT2D eigenvalue weighted by Gasteiger charge is -2.29. The number of nitrogens with zero attached hydrogens (tertiary/aromatic N) is 1. The van der Waals surface area contributed by atoms with Crippen molar-refractivity contribution in [1.29, 1.82) is 0 Å². The van der Waals surface area contributed by atoms with Crippen molar-refractivity contribution in [1.82, 2.24) is 10.2 Å². The van der Waals surface area contributed by atoms with Gasteiger partial charge in [-0.3, -0.25) is 0 Å². The van der Waals surface area contributed by atoms with E-state index in [1.54, 1.807) is 6.26 Å². The molecule has 1 unspecified atom stereocenters. The number of rotatable bonds is 8. The minimum Gasteiger partial charge on any atom is -0.467 e. The molecule has 1 N–H and O–H groups in total. The van der Waals surface area contributed by atoms with Gasteiger partial charge in [-0.25, -0.2) is 0 Å². The van der Waals surface area contributed by atoms with Crippen LogP contribution in [0.2, 0.25) is 0 Å². The van der Waals surface area contributed by atoms with Crippen molar-refractivity contribution in [3.63, 3.8) is 0 Å². The third-order valence-electron chi connectivity index (χ3n) is 3.62. The zero-order chi connectivity index (χ0) is 13.3. The Labute approximate surface area is 116 Å². The fourth-order valence-electron chi connectivity index (χ4n) is 2.61. The van der Waals surface area contributed by atoms with Crippen molar-refractivity contribution in [2.24, 2.45) is 5.92 Å². The van der Waals surface area contributed by atoms with E-state index in [0.717, 1.165) is 37.8 Å². The van der Waals surface area contributed by atoms with Gasteiger partial charge in [0.1, 0.15) is 12.4 Å². The van der Waals surface area contributed by atoms with Crippen LogP contribution in [0.15, 0.2) is 22.8 Å². The van der Waals surface area contributed by atoms with Gasteiger partial charge in [-0.1, -0.05) is 0 Å². The summed E-state index contributed by atoms with van der Waals surface area (Å²) in [6, 6.07) is 3.83. The molecular formula is C15H26N2O2. The van der Waals surface area contributed by atoms with Crippen LogP contribution in [0, 0.1) is 5.92 Å². The summed E-state index contributed by atoms with van der Waals surface area (Å²) in [5.74, 6) is 1.72. The predicted octanol–water partition coefficient (Wildman–Crippen LogP) is 2.12. The first-order valence-electron chi connectivity index (χ1n) is 7.34. The Morgan fingerprint density at radius 1 is 1.53 bits per heavy atom. The molecule has 0 spiro atoms. The number of likely N-dealkylation sites (tertiary alicyclic amines) is 1. The van der Waals surface area contributed by atoms with Gasteiger partial charge in [0.05, 0.1) is 6.26 Å². The average molecular weight is 266 g/mol. The fraction of sp³-hybridized carbons (Fsp3) is 0.733. The number of furan rings is 1. The molecule has 0 saturated carbocycles. The highest BCUT2D eigenvalue weighted by Crippen LogP contribution is 2.13. The molecule has 0 amide bonds. The lowest BCUT2D eigenvalue weighted by atomic mass is 9.98. The minimum atomic E-state index is 0.584. The number of ether oxygens (including phenoxy) is 1. The summed E-state index contributed by atoms with van der Waals surface area (Å²) in [7, 11) is 2.22. The lowest BCUT2D eigenvalue weighted by Crippen LogP contribution is -2.37. The minimum absolute atomic E-state index is 0.584. The molecule has 2 rings (SSSR count). The molecule has 0 radical (unpaired) electrons. The lowest BCUT2D eigenvalue weighted by molar-refractivity contribution is 0.103. The Morgan fingerprint density at radius 2 is 2.47 bits per heavy atom. The summed E-state index contributed by atoms with van der Waals surface area (Å²) >= 11 is 0. The molecule has 1 atom stereocenters. The van der Waals surface area contributed by atoms with E-state index in [1.165, 1.54) is 25.9 Å². The first-order valence-corrected chi connectivity index (χ1v) is 7.34. The molecule has 2 heterocycles. The van der Waals surface area contributed by atoms with Gasteiger partial charge in [-0.05, 0) is 64.0 Å². The molecule has 0 aliphatic carbocycles. The Morgan fingerprint density at radius 3 is 3.26 bits per heavy atom. The number of piperidine rings is 1. The molecule has 1 aliphatic heterocycles. The van der Waals surface area contributed by atoms with Gasteiger partial charge in [0.2, 0.25) is 0 Å². The van der Waals surface area contributed by atoms with Crippen molar-refractivity contribution in [2.45, 2.75) is 25.9 Å². The Kier molecular flexibility index (Phi) is 6.41. The second-order valence-corrected chi connectivity index (χ2v) is 5.46. The molecular weight excluding hydrogens is 240 g/mol. The average Bonchev–Trinajstić information content (AvgIpc) is 2.91. The molecule has 0 bridgehead atoms. The highest BCUT2D eigenvalue weighted by molar-refractivity contribution is 4.95. The van der Waals surface area contributed by atoms with Crippen molar-refractivity contribution in [2.75, 3.05) is 39.8 Å². The first kappa shape index (κ1) is 14.6. The largest absolute Gasteiger partial charge is 0.467 e. The summed E-state index contributed by atoms with van der Waals surface area (Å²) in [6.07, 6.45) is 5.45. The Bertz CT molecular complexity index is 327. The van der Waals surface area contributed by atoms with Crippen molar-refractivity contribution in [3.8, 4) is 0 Å². The van der Waals surface area contributed by atoms with Crippen LogP contribution < -0.4 is 5.32 Å². The second-order valence-electron chi connectivity index (χ2n) is 5.46. The van der Waals surface area contributed by atoms with E-state index in [4.69, 9.17) is 9.15 Å². The molecule has 4 nitrogen and oxygen atoms in total. The number of nitrogens with one attached hydrogen (secondary N) is 1. The van der Waals surface area contributed by atoms with E-state index in [0.29, 0.717) is 6.61 Å². The smallest absolute Gasteiger partial charge is 0.129 e. The van der Waals surface area contributed by atoms with Gasteiger partial charge < -0.3 is 19.4 Å². The monoisotopic (exact) mass is 266 g/mol. The van der Waals surface area contributed by atoms with Crippen molar-refractivity contribution >= 4 is 0 Å². The van der Waals surface area contributed by atoms with Crippen LogP contribution in [0.4, 0.5) is 0 Å². The molecule has 1 aromatic rings. The molecule has 1 aromatic heterocycles. The van der Waals surface area contributed by atoms with Crippen LogP contribution in [0.3, 0.4) is 0 Å². The molecule has 108 valence electrons. The third kappa shape index (κ3) is 5.76. The van der Waals surface area contributed by atoms with Crippen LogP contribution in [0.1, 0.15) is 25.0 Å². The first-order chi connectivity index (χ1) is 9.34. The van der Waals surface area contributed by atoms with Gasteiger partial charge in [0.25, 0.3) is 0 Å². The van der Waals surface area contributed by atoms with Gasteiger partial charge in [0, 0.05) is 13.2 Å². The predicted molar refractivity (Wildman–Crippen MR) is 76.1 cm³/mol. The fourth-order valence-corrected chi connectivity index (χ4v) is 2.61. The summed E-state index contributed by atoms with van der Waals surface area (Å²) in [4.78, 5) is 2.43. The zero-order valence-electron chi connectivity index (χ0n) is 11.9. The van der Waals surface area contributed by atoms with Gasteiger partial charge >= 0.3 is 0 Å². The molecule has 19 heavy (non-hydrogen) atoms. The molecule has 1 aliphatic rings. The normalized spacial score (nSPS) is 20.8. The van der Waals surface area contributed by atoms with Gasteiger partial charge in [0.15, 0.2) is 0 Å². The summed E-state index contributed by atoms with van der Waals surface area (Å²) in [6.45, 7) is 6.05. The zero-order valence-corrected chi connectivity index (χ0v) is 11.9. The number of hydrogen-bond acceptors (Lipinski definition) is 4. The summed E-state index contributed by atoms with van der Waals surface area (Å²) in [5.41, 5.74) is 0. The van der Waals surface area contributed by atoms with Crippen LogP contribution in [0.5, 0.6) is 0 Å². The van der Waals surface area contributed by atoms with Crippen LogP contribution in [-0.2, 0) is 11.3 Å². The molecule has 0 aromatic carbocycles. The Hall–Kier alpha value is -0.840. The van der Waals surface area contributed by atoms with E-state index in [9.17, 15) is 0 Å². The highest BCUT2D eigenvalue weighted by atomic mass is 16.5. The SMILES string of the molecule is CN1CCCC(CNCCCOCc2ccco2)C1. The van der Waals surface area contributed by atoms with Crippen LogP contribution in [-0.4, -0.2) is 44.7 Å². The standard InChI is InChI=1S/C15H26N2O2/c1-17-8-2-5-14(12-17)11-16-7-4-9-18-13-15-6-3-10-19-15/h3,6,10,14,16H,2,4-5,7-9,11-13H2,1H3. The van der Waals surface area contributed by atoms with E-state index >= 15 is 0 Å². The summed E-state index contributed by atoms with van der Waals surface area (Å²) < 4.78 is 10.8. The van der Waals surface area contributed by atoms with E-state index < -0.39 is 0 Å². The number of hydrogen-bond donors (Lipinski definition) is 1. The van der Waals surface area contributed by atoms with Gasteiger partial charge in [-0.15, -0.1) is 0 Å². The van der Waals surface area contributed by atoms with Crippen molar-refractivity contribution in [3.05, 3.63) is 24.2 Å². The van der Waals surface area contributed by atoms with Gasteiger partial charge in [-0.2, -0.15) is 0 Å². The van der Waals surface area contributed by atoms with E-state index in [-0.39, 0.29) is 0 Å². The maximum atomic E-state index is 5.55. The summed E-state index contributed by atoms with van der Waals surface area (Å²) in [5, 5.41) is 3.54. The maximum Gasteiger partial charge on any atom is 0.129 e. The van der Waals surface area contributed by atoms with Crippen molar-refractivity contribution < 1.29 is 9.15 Å². The van der Waals surface area contributed by atoms with E-state index in [2.05, 4.69) is 17.3 Å². The third-order valence-corrected chi connectivity index (χ3v) is 3.62.